The molecule has 0 nitrogen and oxygen atoms in total. The highest BCUT2D eigenvalue weighted by atomic mass is 13.7. The molecule has 0 aliphatic rings. The van der Waals surface area contributed by atoms with Gasteiger partial charge in [0.25, 0.3) is 0 Å². The molecular weight excluding hydrogens is 120 g/mol. The second-order valence-electron chi connectivity index (χ2n) is 2.47. The van der Waals surface area contributed by atoms with Gasteiger partial charge in [0.2, 0.25) is 0 Å². The predicted octanol–water partition coefficient (Wildman–Crippen LogP) is 3.48. The van der Waals surface area contributed by atoms with Gasteiger partial charge in [0.1, 0.15) is 0 Å². The molecule has 0 N–H and O–H groups in total. The van der Waals surface area contributed by atoms with E-state index >= 15 is 0 Å². The first kappa shape index (κ1) is 9.22. The van der Waals surface area contributed by atoms with Crippen LogP contribution in [0.15, 0.2) is 36.0 Å². The van der Waals surface area contributed by atoms with Gasteiger partial charge in [-0.05, 0) is 20.3 Å². The molecule has 0 heterocycles. The second kappa shape index (κ2) is 6.34. The normalized spacial score (nSPS) is 11.1. The van der Waals surface area contributed by atoms with Gasteiger partial charge in [-0.15, -0.1) is 0 Å². The maximum absolute atomic E-state index is 2.13. The highest BCUT2D eigenvalue weighted by molar-refractivity contribution is 5.13. The van der Waals surface area contributed by atoms with Crippen LogP contribution in [0.25, 0.3) is 0 Å². The van der Waals surface area contributed by atoms with Crippen molar-refractivity contribution in [2.45, 2.75) is 27.2 Å². The SMILES string of the molecule is CCC=CC=CC=C(C)C. The summed E-state index contributed by atoms with van der Waals surface area (Å²) in [6, 6.07) is 0. The van der Waals surface area contributed by atoms with Gasteiger partial charge >= 0.3 is 0 Å². The van der Waals surface area contributed by atoms with E-state index in [-0.39, 0.29) is 0 Å². The van der Waals surface area contributed by atoms with Crippen LogP contribution in [0.2, 0.25) is 0 Å². The van der Waals surface area contributed by atoms with Crippen LogP contribution in [0, 0.1) is 0 Å². The maximum Gasteiger partial charge on any atom is -0.0376 e. The van der Waals surface area contributed by atoms with Gasteiger partial charge in [0, 0.05) is 0 Å². The van der Waals surface area contributed by atoms with Crippen molar-refractivity contribution in [3.8, 4) is 0 Å². The number of hydrogen-bond acceptors (Lipinski definition) is 0. The minimum absolute atomic E-state index is 1.11. The minimum atomic E-state index is 1.11. The van der Waals surface area contributed by atoms with Gasteiger partial charge in [-0.25, -0.2) is 0 Å². The summed E-state index contributed by atoms with van der Waals surface area (Å²) in [7, 11) is 0. The summed E-state index contributed by atoms with van der Waals surface area (Å²) in [5.74, 6) is 0. The number of allylic oxidation sites excluding steroid dienone is 6. The third-order valence-electron chi connectivity index (χ3n) is 1.02. The topological polar surface area (TPSA) is 0 Å². The molecule has 0 bridgehead atoms. The van der Waals surface area contributed by atoms with Crippen molar-refractivity contribution in [1.29, 1.82) is 0 Å². The van der Waals surface area contributed by atoms with E-state index in [1.54, 1.807) is 0 Å². The van der Waals surface area contributed by atoms with Crippen LogP contribution in [0.1, 0.15) is 27.2 Å². The van der Waals surface area contributed by atoms with Gasteiger partial charge in [0.05, 0.1) is 0 Å². The molecule has 0 aliphatic heterocycles. The van der Waals surface area contributed by atoms with Crippen LogP contribution in [-0.4, -0.2) is 0 Å². The van der Waals surface area contributed by atoms with E-state index in [9.17, 15) is 0 Å². The predicted molar refractivity (Wildman–Crippen MR) is 48.0 cm³/mol. The zero-order chi connectivity index (χ0) is 7.82. The molecule has 0 unspecified atom stereocenters. The summed E-state index contributed by atoms with van der Waals surface area (Å²) >= 11 is 0. The molecule has 0 amide bonds. The summed E-state index contributed by atoms with van der Waals surface area (Å²) in [5.41, 5.74) is 1.33. The Bertz CT molecular complexity index is 143. The van der Waals surface area contributed by atoms with Gasteiger partial charge in [-0.3, -0.25) is 0 Å². The quantitative estimate of drug-likeness (QED) is 0.521. The van der Waals surface area contributed by atoms with Crippen LogP contribution in [0.4, 0.5) is 0 Å². The number of hydrogen-bond donors (Lipinski definition) is 0. The fourth-order valence-electron chi connectivity index (χ4n) is 0.527. The Kier molecular flexibility index (Phi) is 5.85. The molecule has 0 saturated heterocycles. The Balaban J connectivity index is 3.57. The minimum Gasteiger partial charge on any atom is -0.0848 e. The molecule has 0 aromatic heterocycles. The fraction of sp³-hybridized carbons (Fsp3) is 0.400. The van der Waals surface area contributed by atoms with Crippen molar-refractivity contribution in [2.24, 2.45) is 0 Å². The standard InChI is InChI=1S/C10H16/c1-4-5-6-7-8-9-10(2)3/h5-9H,4H2,1-3H3. The third-order valence-corrected chi connectivity index (χ3v) is 1.02. The third kappa shape index (κ3) is 7.22. The Morgan fingerprint density at radius 2 is 1.80 bits per heavy atom. The van der Waals surface area contributed by atoms with Crippen LogP contribution >= 0.6 is 0 Å². The molecule has 0 aromatic carbocycles. The van der Waals surface area contributed by atoms with E-state index in [1.165, 1.54) is 5.57 Å². The van der Waals surface area contributed by atoms with Crippen molar-refractivity contribution in [1.82, 2.24) is 0 Å². The van der Waals surface area contributed by atoms with Crippen LogP contribution < -0.4 is 0 Å². The molecule has 56 valence electrons. The van der Waals surface area contributed by atoms with Crippen molar-refractivity contribution >= 4 is 0 Å². The smallest absolute Gasteiger partial charge is 0.0376 e. The lowest BCUT2D eigenvalue weighted by molar-refractivity contribution is 1.22. The highest BCUT2D eigenvalue weighted by Crippen LogP contribution is 1.89. The van der Waals surface area contributed by atoms with E-state index < -0.39 is 0 Å². The Labute approximate surface area is 64.0 Å². The zero-order valence-electron chi connectivity index (χ0n) is 7.09. The van der Waals surface area contributed by atoms with Crippen molar-refractivity contribution in [3.63, 3.8) is 0 Å². The molecule has 0 radical (unpaired) electrons. The van der Waals surface area contributed by atoms with Crippen LogP contribution in [-0.2, 0) is 0 Å². The molecule has 0 spiro atoms. The van der Waals surface area contributed by atoms with Crippen molar-refractivity contribution in [2.75, 3.05) is 0 Å². The molecule has 10 heavy (non-hydrogen) atoms. The maximum atomic E-state index is 2.13. The van der Waals surface area contributed by atoms with Crippen LogP contribution in [0.5, 0.6) is 0 Å². The average molecular weight is 136 g/mol. The summed E-state index contributed by atoms with van der Waals surface area (Å²) in [5, 5.41) is 0. The zero-order valence-corrected chi connectivity index (χ0v) is 7.09. The van der Waals surface area contributed by atoms with E-state index in [0.717, 1.165) is 6.42 Å². The van der Waals surface area contributed by atoms with E-state index in [4.69, 9.17) is 0 Å². The lowest BCUT2D eigenvalue weighted by Gasteiger charge is -1.79. The average Bonchev–Trinajstić information content (AvgIpc) is 1.87. The molecule has 0 fully saturated rings. The summed E-state index contributed by atoms with van der Waals surface area (Å²) < 4.78 is 0. The highest BCUT2D eigenvalue weighted by Gasteiger charge is 1.67. The van der Waals surface area contributed by atoms with Crippen molar-refractivity contribution in [3.05, 3.63) is 36.0 Å². The van der Waals surface area contributed by atoms with Gasteiger partial charge in [0.15, 0.2) is 0 Å². The van der Waals surface area contributed by atoms with E-state index in [2.05, 4.69) is 51.2 Å². The largest absolute Gasteiger partial charge is 0.0848 e. The van der Waals surface area contributed by atoms with Gasteiger partial charge < -0.3 is 0 Å². The lowest BCUT2D eigenvalue weighted by atomic mass is 10.3. The molecule has 0 rings (SSSR count). The van der Waals surface area contributed by atoms with Crippen molar-refractivity contribution < 1.29 is 0 Å². The summed E-state index contributed by atoms with van der Waals surface area (Å²) in [4.78, 5) is 0. The lowest BCUT2D eigenvalue weighted by Crippen LogP contribution is -1.58. The first-order valence-corrected chi connectivity index (χ1v) is 3.74. The molecule has 0 aliphatic carbocycles. The molecule has 0 heteroatoms. The molecule has 0 aromatic rings. The molecule has 0 saturated carbocycles. The van der Waals surface area contributed by atoms with Gasteiger partial charge in [-0.2, -0.15) is 0 Å². The molecular formula is C10H16. The fourth-order valence-corrected chi connectivity index (χ4v) is 0.527. The Hall–Kier alpha value is -0.780. The molecule has 0 atom stereocenters. The van der Waals surface area contributed by atoms with E-state index in [0.29, 0.717) is 0 Å². The first-order chi connectivity index (χ1) is 4.77. The summed E-state index contributed by atoms with van der Waals surface area (Å²) in [6.07, 6.45) is 11.5. The van der Waals surface area contributed by atoms with E-state index in [1.807, 2.05) is 0 Å². The Morgan fingerprint density at radius 1 is 1.10 bits per heavy atom. The van der Waals surface area contributed by atoms with Crippen LogP contribution in [0.3, 0.4) is 0 Å². The Morgan fingerprint density at radius 3 is 2.30 bits per heavy atom. The monoisotopic (exact) mass is 136 g/mol. The summed E-state index contributed by atoms with van der Waals surface area (Å²) in [6.45, 7) is 6.31. The first-order valence-electron chi connectivity index (χ1n) is 3.74. The number of rotatable bonds is 3. The second-order valence-corrected chi connectivity index (χ2v) is 2.47. The van der Waals surface area contributed by atoms with Gasteiger partial charge in [-0.1, -0.05) is 42.9 Å².